The highest BCUT2D eigenvalue weighted by Crippen LogP contribution is 2.20. The number of anilines is 1. The van der Waals surface area contributed by atoms with Gasteiger partial charge in [0.25, 0.3) is 0 Å². The molecule has 0 saturated heterocycles. The Kier molecular flexibility index (Phi) is 4.31. The van der Waals surface area contributed by atoms with Gasteiger partial charge >= 0.3 is 0 Å². The quantitative estimate of drug-likeness (QED) is 0.906. The molecule has 0 aromatic carbocycles. The fourth-order valence-electron chi connectivity index (χ4n) is 2.81. The van der Waals surface area contributed by atoms with E-state index in [1.165, 1.54) is 37.7 Å². The zero-order valence-electron chi connectivity index (χ0n) is 11.8. The van der Waals surface area contributed by atoms with Crippen molar-refractivity contribution in [2.24, 2.45) is 0 Å². The van der Waals surface area contributed by atoms with Crippen LogP contribution < -0.4 is 5.32 Å². The molecule has 0 spiro atoms. The molecule has 2 heterocycles. The molecule has 1 N–H and O–H groups in total. The molecule has 4 heteroatoms. The van der Waals surface area contributed by atoms with Gasteiger partial charge in [-0.05, 0) is 37.0 Å². The van der Waals surface area contributed by atoms with Crippen LogP contribution in [-0.2, 0) is 13.0 Å². The minimum atomic E-state index is 0.618. The predicted molar refractivity (Wildman–Crippen MR) is 80.7 cm³/mol. The average Bonchev–Trinajstić information content (AvgIpc) is 2.95. The molecule has 20 heavy (non-hydrogen) atoms. The Bertz CT molecular complexity index is 514. The summed E-state index contributed by atoms with van der Waals surface area (Å²) in [4.78, 5) is 4.04. The summed E-state index contributed by atoms with van der Waals surface area (Å²) < 4.78 is 2.02. The molecule has 0 bridgehead atoms. The maximum absolute atomic E-state index is 4.61. The van der Waals surface area contributed by atoms with Crippen LogP contribution in [0.1, 0.15) is 37.7 Å². The molecule has 1 saturated carbocycles. The SMILES string of the molecule is c1cc(CCn2ccc(NC3CCCCC3)n2)ccn1. The normalized spacial score (nSPS) is 16.2. The predicted octanol–water partition coefficient (Wildman–Crippen LogP) is 3.27. The van der Waals surface area contributed by atoms with Gasteiger partial charge in [-0.2, -0.15) is 5.10 Å². The number of aryl methyl sites for hydroxylation is 2. The third-order valence-electron chi connectivity index (χ3n) is 3.98. The lowest BCUT2D eigenvalue weighted by Crippen LogP contribution is -2.22. The van der Waals surface area contributed by atoms with Crippen molar-refractivity contribution in [3.05, 3.63) is 42.4 Å². The van der Waals surface area contributed by atoms with Crippen molar-refractivity contribution in [2.45, 2.75) is 51.1 Å². The van der Waals surface area contributed by atoms with Crippen LogP contribution in [0, 0.1) is 0 Å². The smallest absolute Gasteiger partial charge is 0.148 e. The third-order valence-corrected chi connectivity index (χ3v) is 3.98. The molecule has 0 atom stereocenters. The highest BCUT2D eigenvalue weighted by Gasteiger charge is 2.13. The van der Waals surface area contributed by atoms with Gasteiger partial charge in [-0.25, -0.2) is 0 Å². The number of hydrogen-bond acceptors (Lipinski definition) is 3. The number of hydrogen-bond donors (Lipinski definition) is 1. The number of nitrogens with zero attached hydrogens (tertiary/aromatic N) is 3. The first-order valence-electron chi connectivity index (χ1n) is 7.59. The molecule has 1 aliphatic rings. The number of nitrogens with one attached hydrogen (secondary N) is 1. The van der Waals surface area contributed by atoms with E-state index in [1.54, 1.807) is 0 Å². The molecule has 0 aliphatic heterocycles. The number of rotatable bonds is 5. The van der Waals surface area contributed by atoms with E-state index in [9.17, 15) is 0 Å². The van der Waals surface area contributed by atoms with Crippen LogP contribution in [-0.4, -0.2) is 20.8 Å². The van der Waals surface area contributed by atoms with Crippen LogP contribution in [0.2, 0.25) is 0 Å². The summed E-state index contributed by atoms with van der Waals surface area (Å²) in [6.07, 6.45) is 13.4. The van der Waals surface area contributed by atoms with Crippen LogP contribution in [0.25, 0.3) is 0 Å². The molecule has 4 nitrogen and oxygen atoms in total. The van der Waals surface area contributed by atoms with Crippen molar-refractivity contribution in [1.82, 2.24) is 14.8 Å². The first-order valence-corrected chi connectivity index (χ1v) is 7.59. The van der Waals surface area contributed by atoms with Crippen molar-refractivity contribution in [2.75, 3.05) is 5.32 Å². The molecular formula is C16H22N4. The van der Waals surface area contributed by atoms with Crippen molar-refractivity contribution >= 4 is 5.82 Å². The van der Waals surface area contributed by atoms with Crippen LogP contribution in [0.3, 0.4) is 0 Å². The summed E-state index contributed by atoms with van der Waals surface area (Å²) in [5.41, 5.74) is 1.30. The van der Waals surface area contributed by atoms with Crippen LogP contribution in [0.5, 0.6) is 0 Å². The lowest BCUT2D eigenvalue weighted by molar-refractivity contribution is 0.461. The van der Waals surface area contributed by atoms with Gasteiger partial charge in [0.1, 0.15) is 5.82 Å². The molecule has 2 aromatic heterocycles. The fraction of sp³-hybridized carbons (Fsp3) is 0.500. The molecule has 0 unspecified atom stereocenters. The highest BCUT2D eigenvalue weighted by molar-refractivity contribution is 5.33. The van der Waals surface area contributed by atoms with E-state index in [2.05, 4.69) is 39.8 Å². The van der Waals surface area contributed by atoms with Gasteiger partial charge in [0, 0.05) is 37.2 Å². The summed E-state index contributed by atoms with van der Waals surface area (Å²) in [6, 6.07) is 6.82. The summed E-state index contributed by atoms with van der Waals surface area (Å²) in [5, 5.41) is 8.17. The first-order chi connectivity index (χ1) is 9.90. The Morgan fingerprint density at radius 2 is 1.90 bits per heavy atom. The summed E-state index contributed by atoms with van der Waals surface area (Å²) in [7, 11) is 0. The second-order valence-electron chi connectivity index (χ2n) is 5.55. The molecular weight excluding hydrogens is 248 g/mol. The van der Waals surface area contributed by atoms with Gasteiger partial charge in [0.15, 0.2) is 0 Å². The molecule has 3 rings (SSSR count). The zero-order chi connectivity index (χ0) is 13.6. The third kappa shape index (κ3) is 3.59. The molecule has 0 radical (unpaired) electrons. The minimum absolute atomic E-state index is 0.618. The van der Waals surface area contributed by atoms with E-state index in [0.717, 1.165) is 18.8 Å². The maximum Gasteiger partial charge on any atom is 0.148 e. The van der Waals surface area contributed by atoms with Gasteiger partial charge in [-0.3, -0.25) is 9.67 Å². The molecule has 2 aromatic rings. The fourth-order valence-corrected chi connectivity index (χ4v) is 2.81. The standard InChI is InChI=1S/C16H22N4/c1-2-4-15(5-3-1)18-16-9-13-20(19-16)12-8-14-6-10-17-11-7-14/h6-7,9-11,13,15H,1-5,8,12H2,(H,18,19). The van der Waals surface area contributed by atoms with Crippen LogP contribution in [0.4, 0.5) is 5.82 Å². The Hall–Kier alpha value is -1.84. The monoisotopic (exact) mass is 270 g/mol. The largest absolute Gasteiger partial charge is 0.366 e. The number of pyridine rings is 1. The zero-order valence-corrected chi connectivity index (χ0v) is 11.8. The van der Waals surface area contributed by atoms with E-state index >= 15 is 0 Å². The Morgan fingerprint density at radius 3 is 2.70 bits per heavy atom. The summed E-state index contributed by atoms with van der Waals surface area (Å²) in [5.74, 6) is 1.02. The van der Waals surface area contributed by atoms with E-state index < -0.39 is 0 Å². The van der Waals surface area contributed by atoms with Crippen molar-refractivity contribution in [1.29, 1.82) is 0 Å². The Balaban J connectivity index is 1.51. The second kappa shape index (κ2) is 6.55. The minimum Gasteiger partial charge on any atom is -0.366 e. The number of aromatic nitrogens is 3. The van der Waals surface area contributed by atoms with Gasteiger partial charge in [-0.1, -0.05) is 19.3 Å². The average molecular weight is 270 g/mol. The van der Waals surface area contributed by atoms with Gasteiger partial charge in [0.05, 0.1) is 0 Å². The lowest BCUT2D eigenvalue weighted by Gasteiger charge is -2.22. The van der Waals surface area contributed by atoms with Crippen molar-refractivity contribution in [3.63, 3.8) is 0 Å². The molecule has 0 amide bonds. The van der Waals surface area contributed by atoms with Crippen LogP contribution in [0.15, 0.2) is 36.8 Å². The second-order valence-corrected chi connectivity index (χ2v) is 5.55. The molecule has 1 aliphatic carbocycles. The van der Waals surface area contributed by atoms with Crippen molar-refractivity contribution < 1.29 is 0 Å². The van der Waals surface area contributed by atoms with Crippen molar-refractivity contribution in [3.8, 4) is 0 Å². The first kappa shape index (κ1) is 13.2. The maximum atomic E-state index is 4.61. The van der Waals surface area contributed by atoms with Gasteiger partial charge in [-0.15, -0.1) is 0 Å². The van der Waals surface area contributed by atoms with E-state index in [1.807, 2.05) is 17.1 Å². The van der Waals surface area contributed by atoms with Gasteiger partial charge in [0.2, 0.25) is 0 Å². The summed E-state index contributed by atoms with van der Waals surface area (Å²) in [6.45, 7) is 0.913. The lowest BCUT2D eigenvalue weighted by atomic mass is 9.96. The van der Waals surface area contributed by atoms with Gasteiger partial charge < -0.3 is 5.32 Å². The molecule has 106 valence electrons. The molecule has 1 fully saturated rings. The topological polar surface area (TPSA) is 42.7 Å². The highest BCUT2D eigenvalue weighted by atomic mass is 15.3. The van der Waals surface area contributed by atoms with Crippen LogP contribution >= 0.6 is 0 Å². The van der Waals surface area contributed by atoms with E-state index in [4.69, 9.17) is 0 Å². The summed E-state index contributed by atoms with van der Waals surface area (Å²) >= 11 is 0. The van der Waals surface area contributed by atoms with E-state index in [-0.39, 0.29) is 0 Å². The van der Waals surface area contributed by atoms with E-state index in [0.29, 0.717) is 6.04 Å². The Morgan fingerprint density at radius 1 is 1.10 bits per heavy atom. The Labute approximate surface area is 120 Å².